The van der Waals surface area contributed by atoms with E-state index in [9.17, 15) is 9.59 Å². The highest BCUT2D eigenvalue weighted by molar-refractivity contribution is 7.13. The zero-order valence-electron chi connectivity index (χ0n) is 9.13. The van der Waals surface area contributed by atoms with Crippen molar-refractivity contribution < 1.29 is 14.7 Å². The van der Waals surface area contributed by atoms with Gasteiger partial charge in [0.1, 0.15) is 6.04 Å². The molecule has 92 valence electrons. The third-order valence-corrected chi connectivity index (χ3v) is 3.36. The molecule has 1 aromatic heterocycles. The van der Waals surface area contributed by atoms with Crippen LogP contribution >= 0.6 is 11.3 Å². The molecular formula is C10H13N3O3S. The highest BCUT2D eigenvalue weighted by Gasteiger charge is 2.31. The van der Waals surface area contributed by atoms with E-state index in [-0.39, 0.29) is 12.5 Å². The predicted molar refractivity (Wildman–Crippen MR) is 63.0 cm³/mol. The topological polar surface area (TPSA) is 82.5 Å². The van der Waals surface area contributed by atoms with Crippen LogP contribution in [0.5, 0.6) is 0 Å². The highest BCUT2D eigenvalue weighted by atomic mass is 32.1. The van der Waals surface area contributed by atoms with Gasteiger partial charge in [0.15, 0.2) is 5.13 Å². The Morgan fingerprint density at radius 1 is 1.65 bits per heavy atom. The molecule has 0 aromatic carbocycles. The molecule has 2 rings (SSSR count). The summed E-state index contributed by atoms with van der Waals surface area (Å²) in [4.78, 5) is 28.2. The van der Waals surface area contributed by atoms with Crippen LogP contribution in [0.25, 0.3) is 0 Å². The number of thiazole rings is 1. The van der Waals surface area contributed by atoms with E-state index in [2.05, 4.69) is 10.3 Å². The molecule has 0 unspecified atom stereocenters. The van der Waals surface area contributed by atoms with Crippen LogP contribution in [0.15, 0.2) is 11.6 Å². The fraction of sp³-hybridized carbons (Fsp3) is 0.500. The average Bonchev–Trinajstić information content (AvgIpc) is 2.88. The maximum atomic E-state index is 11.7. The van der Waals surface area contributed by atoms with Gasteiger partial charge < -0.3 is 10.4 Å². The summed E-state index contributed by atoms with van der Waals surface area (Å²) in [6, 6.07) is -0.531. The van der Waals surface area contributed by atoms with Crippen LogP contribution in [0.3, 0.4) is 0 Å². The van der Waals surface area contributed by atoms with Gasteiger partial charge in [-0.05, 0) is 19.4 Å². The molecule has 0 saturated carbocycles. The first-order valence-electron chi connectivity index (χ1n) is 5.33. The van der Waals surface area contributed by atoms with E-state index in [0.717, 1.165) is 6.42 Å². The maximum Gasteiger partial charge on any atom is 0.320 e. The van der Waals surface area contributed by atoms with Gasteiger partial charge in [-0.2, -0.15) is 0 Å². The van der Waals surface area contributed by atoms with Crippen LogP contribution in [0.1, 0.15) is 12.8 Å². The number of carbonyl (C=O) groups is 2. The summed E-state index contributed by atoms with van der Waals surface area (Å²) in [5.41, 5.74) is 0. The lowest BCUT2D eigenvalue weighted by Gasteiger charge is -2.19. The first-order chi connectivity index (χ1) is 8.16. The number of hydrogen-bond donors (Lipinski definition) is 2. The Hall–Kier alpha value is -1.47. The van der Waals surface area contributed by atoms with Crippen molar-refractivity contribution >= 4 is 28.3 Å². The molecule has 1 aromatic rings. The summed E-state index contributed by atoms with van der Waals surface area (Å²) in [7, 11) is 0. The summed E-state index contributed by atoms with van der Waals surface area (Å²) in [6.45, 7) is 0.763. The number of nitrogens with zero attached hydrogens (tertiary/aromatic N) is 2. The maximum absolute atomic E-state index is 11.7. The van der Waals surface area contributed by atoms with Gasteiger partial charge in [0, 0.05) is 11.6 Å². The predicted octanol–water partition coefficient (Wildman–Crippen LogP) is 0.631. The van der Waals surface area contributed by atoms with Crippen LogP contribution in [0.4, 0.5) is 5.13 Å². The average molecular weight is 255 g/mol. The molecule has 1 atom stereocenters. The Labute approximate surface area is 102 Å². The lowest BCUT2D eigenvalue weighted by molar-refractivity contribution is -0.142. The lowest BCUT2D eigenvalue weighted by Crippen LogP contribution is -2.40. The number of carboxylic acid groups (broad SMARTS) is 1. The summed E-state index contributed by atoms with van der Waals surface area (Å²) in [5, 5.41) is 13.9. The van der Waals surface area contributed by atoms with Gasteiger partial charge in [0.25, 0.3) is 0 Å². The number of hydrogen-bond acceptors (Lipinski definition) is 5. The SMILES string of the molecule is O=C(CN1CCC[C@@H]1C(=O)O)Nc1nccs1. The fourth-order valence-electron chi connectivity index (χ4n) is 1.92. The minimum Gasteiger partial charge on any atom is -0.480 e. The molecule has 1 fully saturated rings. The molecule has 0 aliphatic carbocycles. The summed E-state index contributed by atoms with van der Waals surface area (Å²) in [6.07, 6.45) is 3.04. The van der Waals surface area contributed by atoms with Crippen molar-refractivity contribution in [3.8, 4) is 0 Å². The molecule has 1 saturated heterocycles. The van der Waals surface area contributed by atoms with Gasteiger partial charge >= 0.3 is 5.97 Å². The zero-order valence-corrected chi connectivity index (χ0v) is 9.94. The Morgan fingerprint density at radius 2 is 2.47 bits per heavy atom. The van der Waals surface area contributed by atoms with Gasteiger partial charge in [0.2, 0.25) is 5.91 Å². The smallest absolute Gasteiger partial charge is 0.320 e. The number of carboxylic acids is 1. The molecule has 2 heterocycles. The minimum atomic E-state index is -0.857. The summed E-state index contributed by atoms with van der Waals surface area (Å²) < 4.78 is 0. The Morgan fingerprint density at radius 3 is 3.12 bits per heavy atom. The Bertz CT molecular complexity index is 407. The Kier molecular flexibility index (Phi) is 3.70. The molecular weight excluding hydrogens is 242 g/mol. The van der Waals surface area contributed by atoms with Crippen molar-refractivity contribution in [2.45, 2.75) is 18.9 Å². The van der Waals surface area contributed by atoms with E-state index in [1.807, 2.05) is 0 Å². The van der Waals surface area contributed by atoms with E-state index >= 15 is 0 Å². The first kappa shape index (κ1) is 12.0. The van der Waals surface area contributed by atoms with Gasteiger partial charge in [0.05, 0.1) is 6.54 Å². The second-order valence-electron chi connectivity index (χ2n) is 3.85. The quantitative estimate of drug-likeness (QED) is 0.824. The number of aromatic nitrogens is 1. The second-order valence-corrected chi connectivity index (χ2v) is 4.75. The second kappa shape index (κ2) is 5.24. The van der Waals surface area contributed by atoms with Crippen LogP contribution < -0.4 is 5.32 Å². The van der Waals surface area contributed by atoms with Crippen molar-refractivity contribution in [1.29, 1.82) is 0 Å². The van der Waals surface area contributed by atoms with E-state index in [1.54, 1.807) is 16.5 Å². The number of amides is 1. The molecule has 0 spiro atoms. The van der Waals surface area contributed by atoms with Crippen LogP contribution in [0.2, 0.25) is 0 Å². The third-order valence-electron chi connectivity index (χ3n) is 2.67. The number of anilines is 1. The number of nitrogens with one attached hydrogen (secondary N) is 1. The molecule has 0 radical (unpaired) electrons. The summed E-state index contributed by atoms with van der Waals surface area (Å²) in [5.74, 6) is -1.07. The number of likely N-dealkylation sites (tertiary alicyclic amines) is 1. The fourth-order valence-corrected chi connectivity index (χ4v) is 2.47. The highest BCUT2D eigenvalue weighted by Crippen LogP contribution is 2.17. The monoisotopic (exact) mass is 255 g/mol. The van der Waals surface area contributed by atoms with E-state index in [1.165, 1.54) is 11.3 Å². The molecule has 17 heavy (non-hydrogen) atoms. The normalized spacial score (nSPS) is 20.4. The molecule has 1 amide bonds. The van der Waals surface area contributed by atoms with Crippen LogP contribution in [-0.2, 0) is 9.59 Å². The van der Waals surface area contributed by atoms with E-state index in [4.69, 9.17) is 5.11 Å². The molecule has 2 N–H and O–H groups in total. The van der Waals surface area contributed by atoms with Crippen molar-refractivity contribution in [3.05, 3.63) is 11.6 Å². The minimum absolute atomic E-state index is 0.108. The third kappa shape index (κ3) is 3.01. The van der Waals surface area contributed by atoms with Gasteiger partial charge in [-0.15, -0.1) is 11.3 Å². The standard InChI is InChI=1S/C10H13N3O3S/c14-8(12-10-11-3-5-17-10)6-13-4-1-2-7(13)9(15)16/h3,5,7H,1-2,4,6H2,(H,15,16)(H,11,12,14)/t7-/m1/s1. The van der Waals surface area contributed by atoms with Crippen molar-refractivity contribution in [2.24, 2.45) is 0 Å². The molecule has 0 bridgehead atoms. The number of rotatable bonds is 4. The summed E-state index contributed by atoms with van der Waals surface area (Å²) >= 11 is 1.34. The molecule has 7 heteroatoms. The Balaban J connectivity index is 1.88. The van der Waals surface area contributed by atoms with E-state index < -0.39 is 12.0 Å². The largest absolute Gasteiger partial charge is 0.480 e. The first-order valence-corrected chi connectivity index (χ1v) is 6.21. The molecule has 6 nitrogen and oxygen atoms in total. The molecule has 1 aliphatic heterocycles. The van der Waals surface area contributed by atoms with Crippen molar-refractivity contribution in [1.82, 2.24) is 9.88 Å². The number of aliphatic carboxylic acids is 1. The van der Waals surface area contributed by atoms with Gasteiger partial charge in [-0.1, -0.05) is 0 Å². The van der Waals surface area contributed by atoms with Crippen LogP contribution in [0, 0.1) is 0 Å². The lowest BCUT2D eigenvalue weighted by atomic mass is 10.2. The van der Waals surface area contributed by atoms with Gasteiger partial charge in [-0.25, -0.2) is 4.98 Å². The van der Waals surface area contributed by atoms with Crippen LogP contribution in [-0.4, -0.2) is 46.0 Å². The van der Waals surface area contributed by atoms with Crippen molar-refractivity contribution in [3.63, 3.8) is 0 Å². The van der Waals surface area contributed by atoms with Crippen molar-refractivity contribution in [2.75, 3.05) is 18.4 Å². The van der Waals surface area contributed by atoms with Gasteiger partial charge in [-0.3, -0.25) is 14.5 Å². The number of carbonyl (C=O) groups excluding carboxylic acids is 1. The van der Waals surface area contributed by atoms with E-state index in [0.29, 0.717) is 18.1 Å². The zero-order chi connectivity index (χ0) is 12.3. The molecule has 1 aliphatic rings.